The van der Waals surface area contributed by atoms with Crippen molar-refractivity contribution in [2.24, 2.45) is 0 Å². The lowest BCUT2D eigenvalue weighted by molar-refractivity contribution is -0.117. The van der Waals surface area contributed by atoms with Crippen molar-refractivity contribution in [2.75, 3.05) is 20.6 Å². The predicted octanol–water partition coefficient (Wildman–Crippen LogP) is 3.58. The number of hydrogen-bond acceptors (Lipinski definition) is 8. The van der Waals surface area contributed by atoms with Gasteiger partial charge in [0.1, 0.15) is 16.1 Å². The summed E-state index contributed by atoms with van der Waals surface area (Å²) < 4.78 is 0. The van der Waals surface area contributed by atoms with Crippen LogP contribution in [0.2, 0.25) is 5.02 Å². The summed E-state index contributed by atoms with van der Waals surface area (Å²) in [6, 6.07) is 1.76. The van der Waals surface area contributed by atoms with Crippen LogP contribution in [-0.4, -0.2) is 61.3 Å². The van der Waals surface area contributed by atoms with E-state index >= 15 is 0 Å². The summed E-state index contributed by atoms with van der Waals surface area (Å²) in [7, 11) is 4.18. The molecular formula is C23H24ClN7OS. The van der Waals surface area contributed by atoms with Crippen molar-refractivity contribution in [1.29, 1.82) is 0 Å². The first-order chi connectivity index (χ1) is 15.8. The summed E-state index contributed by atoms with van der Waals surface area (Å²) in [6.45, 7) is 2.94. The van der Waals surface area contributed by atoms with Crippen molar-refractivity contribution in [3.63, 3.8) is 0 Å². The fourth-order valence-electron chi connectivity index (χ4n) is 4.53. The first-order valence-corrected chi connectivity index (χ1v) is 12.0. The summed E-state index contributed by atoms with van der Waals surface area (Å²) in [5, 5.41) is 9.51. The second-order valence-electron chi connectivity index (χ2n) is 8.92. The van der Waals surface area contributed by atoms with Crippen LogP contribution in [0.25, 0.3) is 16.2 Å². The molecule has 0 radical (unpaired) electrons. The van der Waals surface area contributed by atoms with Gasteiger partial charge >= 0.3 is 0 Å². The van der Waals surface area contributed by atoms with Crippen LogP contribution in [0.5, 0.6) is 0 Å². The van der Waals surface area contributed by atoms with Crippen molar-refractivity contribution in [3.8, 4) is 5.82 Å². The number of nitrogens with zero attached hydrogens (tertiary/aromatic N) is 7. The number of carbonyl (C=O) groups excluding carboxylic acids is 1. The van der Waals surface area contributed by atoms with Crippen LogP contribution in [0, 0.1) is 6.92 Å². The third-order valence-corrected chi connectivity index (χ3v) is 7.05. The van der Waals surface area contributed by atoms with Gasteiger partial charge in [-0.25, -0.2) is 15.0 Å². The largest absolute Gasteiger partial charge is 0.309 e. The molecule has 0 atom stereocenters. The Morgan fingerprint density at radius 2 is 1.94 bits per heavy atom. The van der Waals surface area contributed by atoms with E-state index in [-0.39, 0.29) is 17.6 Å². The second kappa shape index (κ2) is 8.55. The van der Waals surface area contributed by atoms with Crippen molar-refractivity contribution in [3.05, 3.63) is 57.6 Å². The summed E-state index contributed by atoms with van der Waals surface area (Å²) >= 11 is 7.98. The molecule has 0 aliphatic heterocycles. The van der Waals surface area contributed by atoms with Crippen LogP contribution >= 0.6 is 22.9 Å². The van der Waals surface area contributed by atoms with E-state index in [1.807, 2.05) is 13.1 Å². The maximum atomic E-state index is 13.1. The Hall–Kier alpha value is -2.75. The molecule has 1 aliphatic rings. The van der Waals surface area contributed by atoms with E-state index < -0.39 is 0 Å². The highest BCUT2D eigenvalue weighted by Gasteiger charge is 2.47. The summed E-state index contributed by atoms with van der Waals surface area (Å²) in [5.74, 6) is 0.529. The molecular weight excluding hydrogens is 458 g/mol. The van der Waals surface area contributed by atoms with Gasteiger partial charge in [-0.05, 0) is 56.6 Å². The highest BCUT2D eigenvalue weighted by Crippen LogP contribution is 2.52. The molecule has 0 saturated heterocycles. The molecule has 1 saturated carbocycles. The van der Waals surface area contributed by atoms with Crippen LogP contribution in [0.1, 0.15) is 34.5 Å². The molecule has 1 fully saturated rings. The van der Waals surface area contributed by atoms with Crippen molar-refractivity contribution >= 4 is 39.1 Å². The minimum absolute atomic E-state index is 0.0457. The number of pyridine rings is 2. The number of aryl methyl sites for hydroxylation is 1. The molecule has 33 heavy (non-hydrogen) atoms. The van der Waals surface area contributed by atoms with Crippen molar-refractivity contribution in [2.45, 2.75) is 38.0 Å². The average Bonchev–Trinajstić information content (AvgIpc) is 3.14. The highest BCUT2D eigenvalue weighted by atomic mass is 35.5. The van der Waals surface area contributed by atoms with E-state index in [1.165, 1.54) is 10.4 Å². The first-order valence-electron chi connectivity index (χ1n) is 10.8. The number of ketones is 1. The van der Waals surface area contributed by atoms with E-state index in [9.17, 15) is 4.79 Å². The van der Waals surface area contributed by atoms with Gasteiger partial charge in [-0.15, -0.1) is 4.80 Å². The van der Waals surface area contributed by atoms with Gasteiger partial charge in [0.2, 0.25) is 0 Å². The lowest BCUT2D eigenvalue weighted by Crippen LogP contribution is -2.27. The topological polar surface area (TPSA) is 89.7 Å². The molecule has 170 valence electrons. The SMILES string of the molecule is Cc1nc2c(C3(CN(C)C)CC3)c(CC(=O)Cc3cnc(-n4nccn4)c(Cl)c3)cnc2s1. The van der Waals surface area contributed by atoms with Gasteiger partial charge in [0, 0.05) is 37.2 Å². The standard InChI is InChI=1S/C23H24ClN7OS/c1-14-29-20-19(23(4-5-23)13-30(2)3)16(12-26-22(20)33-14)10-17(32)8-15-9-18(24)21(25-11-15)31-27-6-7-28-31/h6-7,9,11-12H,4-5,8,10,13H2,1-3H3. The number of rotatable bonds is 8. The zero-order valence-corrected chi connectivity index (χ0v) is 20.3. The van der Waals surface area contributed by atoms with E-state index in [0.717, 1.165) is 45.9 Å². The zero-order chi connectivity index (χ0) is 23.2. The number of halogens is 1. The van der Waals surface area contributed by atoms with Gasteiger partial charge in [-0.1, -0.05) is 22.9 Å². The average molecular weight is 482 g/mol. The van der Waals surface area contributed by atoms with Crippen LogP contribution < -0.4 is 0 Å². The molecule has 8 nitrogen and oxygen atoms in total. The Kier molecular flexibility index (Phi) is 5.72. The molecule has 0 bridgehead atoms. The Morgan fingerprint density at radius 1 is 1.18 bits per heavy atom. The maximum absolute atomic E-state index is 13.1. The lowest BCUT2D eigenvalue weighted by Gasteiger charge is -2.23. The fraction of sp³-hybridized carbons (Fsp3) is 0.391. The first kappa shape index (κ1) is 22.1. The molecule has 4 aromatic rings. The molecule has 1 aliphatic carbocycles. The van der Waals surface area contributed by atoms with Crippen LogP contribution in [0.15, 0.2) is 30.9 Å². The maximum Gasteiger partial charge on any atom is 0.193 e. The highest BCUT2D eigenvalue weighted by molar-refractivity contribution is 7.18. The normalized spacial score (nSPS) is 14.8. The minimum atomic E-state index is 0.0457. The van der Waals surface area contributed by atoms with Gasteiger partial charge in [0.05, 0.1) is 22.4 Å². The Morgan fingerprint density at radius 3 is 2.61 bits per heavy atom. The van der Waals surface area contributed by atoms with Crippen molar-refractivity contribution < 1.29 is 4.79 Å². The summed E-state index contributed by atoms with van der Waals surface area (Å²) in [4.78, 5) is 31.4. The lowest BCUT2D eigenvalue weighted by atomic mass is 9.88. The number of hydrogen-bond donors (Lipinski definition) is 0. The molecule has 0 aromatic carbocycles. The number of likely N-dealkylation sites (N-methyl/N-ethyl adjacent to an activating group) is 1. The predicted molar refractivity (Wildman–Crippen MR) is 128 cm³/mol. The molecule has 0 unspecified atom stereocenters. The van der Waals surface area contributed by atoms with E-state index in [2.05, 4.69) is 39.2 Å². The summed E-state index contributed by atoms with van der Waals surface area (Å²) in [6.07, 6.45) is 9.41. The monoisotopic (exact) mass is 481 g/mol. The van der Waals surface area contributed by atoms with Gasteiger partial charge in [0.15, 0.2) is 5.82 Å². The molecule has 0 spiro atoms. The van der Waals surface area contributed by atoms with Crippen LogP contribution in [0.4, 0.5) is 0 Å². The molecule has 0 amide bonds. The fourth-order valence-corrected chi connectivity index (χ4v) is 5.56. The van der Waals surface area contributed by atoms with Gasteiger partial charge in [-0.3, -0.25) is 4.79 Å². The number of thiazole rings is 1. The third kappa shape index (κ3) is 4.40. The smallest absolute Gasteiger partial charge is 0.193 e. The Balaban J connectivity index is 1.42. The minimum Gasteiger partial charge on any atom is -0.309 e. The third-order valence-electron chi connectivity index (χ3n) is 5.89. The van der Waals surface area contributed by atoms with Gasteiger partial charge in [-0.2, -0.15) is 10.2 Å². The van der Waals surface area contributed by atoms with Gasteiger partial charge < -0.3 is 4.90 Å². The molecule has 4 aromatic heterocycles. The molecule has 4 heterocycles. The second-order valence-corrected chi connectivity index (χ2v) is 10.5. The van der Waals surface area contributed by atoms with Gasteiger partial charge in [0.25, 0.3) is 0 Å². The van der Waals surface area contributed by atoms with E-state index in [0.29, 0.717) is 17.3 Å². The zero-order valence-electron chi connectivity index (χ0n) is 18.7. The molecule has 0 N–H and O–H groups in total. The summed E-state index contributed by atoms with van der Waals surface area (Å²) in [5.41, 5.74) is 3.95. The number of fused-ring (bicyclic) bond motifs is 1. The number of aromatic nitrogens is 6. The number of carbonyl (C=O) groups is 1. The quantitative estimate of drug-likeness (QED) is 0.380. The Bertz CT molecular complexity index is 1330. The van der Waals surface area contributed by atoms with Crippen LogP contribution in [0.3, 0.4) is 0 Å². The molecule has 5 rings (SSSR count). The Labute approximate surface area is 200 Å². The molecule has 10 heteroatoms. The van der Waals surface area contributed by atoms with Crippen molar-refractivity contribution in [1.82, 2.24) is 34.8 Å². The van der Waals surface area contributed by atoms with E-state index in [1.54, 1.807) is 36.0 Å². The van der Waals surface area contributed by atoms with E-state index in [4.69, 9.17) is 16.6 Å². The van der Waals surface area contributed by atoms with Crippen LogP contribution in [-0.2, 0) is 23.1 Å². The number of Topliss-reactive ketones (excluding diaryl/α,β-unsaturated/α-hetero) is 1.